The van der Waals surface area contributed by atoms with E-state index in [0.29, 0.717) is 10.6 Å². The maximum absolute atomic E-state index is 12.5. The van der Waals surface area contributed by atoms with E-state index < -0.39 is 5.97 Å². The quantitative estimate of drug-likeness (QED) is 0.691. The molecule has 130 valence electrons. The molecule has 1 aromatic carbocycles. The fraction of sp³-hybridized carbons (Fsp3) is 0.263. The number of amides is 1. The van der Waals surface area contributed by atoms with Crippen molar-refractivity contribution in [1.29, 1.82) is 0 Å². The zero-order valence-electron chi connectivity index (χ0n) is 14.6. The Hall–Kier alpha value is -2.60. The highest BCUT2D eigenvalue weighted by atomic mass is 32.1. The zero-order valence-corrected chi connectivity index (χ0v) is 15.5. The molecule has 0 saturated heterocycles. The van der Waals surface area contributed by atoms with E-state index >= 15 is 0 Å². The molecular formula is C19H20N2O3S. The van der Waals surface area contributed by atoms with Crippen molar-refractivity contribution in [3.63, 3.8) is 0 Å². The molecule has 0 aliphatic rings. The minimum Gasteiger partial charge on any atom is -0.465 e. The van der Waals surface area contributed by atoms with Crippen LogP contribution < -0.4 is 5.32 Å². The van der Waals surface area contributed by atoms with Crippen LogP contribution in [0.3, 0.4) is 0 Å². The van der Waals surface area contributed by atoms with Gasteiger partial charge in [-0.15, -0.1) is 11.3 Å². The zero-order chi connectivity index (χ0) is 18.1. The van der Waals surface area contributed by atoms with Gasteiger partial charge in [-0.25, -0.2) is 4.79 Å². The van der Waals surface area contributed by atoms with Crippen molar-refractivity contribution in [2.45, 2.75) is 27.2 Å². The van der Waals surface area contributed by atoms with Crippen LogP contribution >= 0.6 is 11.3 Å². The number of methoxy groups -OCH3 is 1. The summed E-state index contributed by atoms with van der Waals surface area (Å²) in [5, 5.41) is 4.49. The molecule has 2 N–H and O–H groups in total. The Labute approximate surface area is 150 Å². The van der Waals surface area contributed by atoms with Crippen LogP contribution in [-0.2, 0) is 16.0 Å². The van der Waals surface area contributed by atoms with Gasteiger partial charge in [0.05, 0.1) is 19.1 Å². The van der Waals surface area contributed by atoms with Gasteiger partial charge in [0.2, 0.25) is 5.91 Å². The first-order valence-electron chi connectivity index (χ1n) is 7.96. The molecule has 0 aliphatic heterocycles. The van der Waals surface area contributed by atoms with Gasteiger partial charge in [0.15, 0.2) is 0 Å². The van der Waals surface area contributed by atoms with Crippen LogP contribution in [0.1, 0.15) is 31.9 Å². The minimum atomic E-state index is -0.430. The van der Waals surface area contributed by atoms with E-state index in [-0.39, 0.29) is 12.3 Å². The molecule has 2 aromatic heterocycles. The van der Waals surface area contributed by atoms with E-state index in [4.69, 9.17) is 4.74 Å². The highest BCUT2D eigenvalue weighted by Gasteiger charge is 2.22. The molecule has 3 rings (SSSR count). The van der Waals surface area contributed by atoms with Crippen molar-refractivity contribution < 1.29 is 14.3 Å². The van der Waals surface area contributed by atoms with Crippen molar-refractivity contribution in [3.05, 3.63) is 51.5 Å². The van der Waals surface area contributed by atoms with Crippen LogP contribution in [0.25, 0.3) is 10.9 Å². The number of fused-ring (bicyclic) bond motifs is 1. The number of aromatic nitrogens is 1. The van der Waals surface area contributed by atoms with Gasteiger partial charge in [0.1, 0.15) is 5.00 Å². The summed E-state index contributed by atoms with van der Waals surface area (Å²) in [6.45, 7) is 5.81. The van der Waals surface area contributed by atoms with Crippen LogP contribution in [0.2, 0.25) is 0 Å². The fourth-order valence-electron chi connectivity index (χ4n) is 3.00. The second kappa shape index (κ2) is 6.72. The van der Waals surface area contributed by atoms with Gasteiger partial charge >= 0.3 is 5.97 Å². The fourth-order valence-corrected chi connectivity index (χ4v) is 4.06. The minimum absolute atomic E-state index is 0.157. The molecule has 2 heterocycles. The van der Waals surface area contributed by atoms with Crippen molar-refractivity contribution in [2.24, 2.45) is 0 Å². The first-order chi connectivity index (χ1) is 11.9. The Morgan fingerprint density at radius 1 is 1.24 bits per heavy atom. The third kappa shape index (κ3) is 3.17. The average molecular weight is 356 g/mol. The number of ether oxygens (including phenoxy) is 1. The van der Waals surface area contributed by atoms with Crippen LogP contribution in [0, 0.1) is 20.8 Å². The summed E-state index contributed by atoms with van der Waals surface area (Å²) in [6, 6.07) is 6.00. The highest BCUT2D eigenvalue weighted by molar-refractivity contribution is 7.16. The predicted molar refractivity (Wildman–Crippen MR) is 101 cm³/mol. The van der Waals surface area contributed by atoms with Gasteiger partial charge < -0.3 is 15.0 Å². The second-order valence-electron chi connectivity index (χ2n) is 6.02. The molecule has 0 atom stereocenters. The van der Waals surface area contributed by atoms with Crippen LogP contribution in [0.5, 0.6) is 0 Å². The number of carbonyl (C=O) groups is 2. The third-order valence-electron chi connectivity index (χ3n) is 4.37. The lowest BCUT2D eigenvalue weighted by molar-refractivity contribution is -0.115. The predicted octanol–water partition coefficient (Wildman–Crippen LogP) is 4.12. The van der Waals surface area contributed by atoms with E-state index in [9.17, 15) is 9.59 Å². The van der Waals surface area contributed by atoms with Gasteiger partial charge in [-0.2, -0.15) is 0 Å². The Kier molecular flexibility index (Phi) is 4.63. The maximum Gasteiger partial charge on any atom is 0.341 e. The van der Waals surface area contributed by atoms with E-state index in [0.717, 1.165) is 32.5 Å². The number of H-pyrrole nitrogens is 1. The summed E-state index contributed by atoms with van der Waals surface area (Å²) < 4.78 is 4.84. The molecule has 3 aromatic rings. The van der Waals surface area contributed by atoms with Crippen LogP contribution in [0.15, 0.2) is 24.4 Å². The summed E-state index contributed by atoms with van der Waals surface area (Å²) in [7, 11) is 1.34. The molecule has 6 heteroatoms. The number of esters is 1. The molecule has 0 fully saturated rings. The number of nitrogens with one attached hydrogen (secondary N) is 2. The number of aromatic amines is 1. The average Bonchev–Trinajstić information content (AvgIpc) is 3.09. The van der Waals surface area contributed by atoms with Gasteiger partial charge in [-0.3, -0.25) is 4.79 Å². The van der Waals surface area contributed by atoms with E-state index in [1.807, 2.05) is 45.2 Å². The molecule has 5 nitrogen and oxygen atoms in total. The van der Waals surface area contributed by atoms with Crippen LogP contribution in [-0.4, -0.2) is 24.0 Å². The lowest BCUT2D eigenvalue weighted by Crippen LogP contribution is -2.16. The van der Waals surface area contributed by atoms with Gasteiger partial charge in [0, 0.05) is 22.0 Å². The Bertz CT molecular complexity index is 969. The SMILES string of the molecule is COC(=O)c1c(NC(=O)Cc2c[nH]c3cccc(C)c23)sc(C)c1C. The number of aryl methyl sites for hydroxylation is 2. The molecule has 0 spiro atoms. The Morgan fingerprint density at radius 3 is 2.72 bits per heavy atom. The van der Waals surface area contributed by atoms with Crippen molar-refractivity contribution in [1.82, 2.24) is 4.98 Å². The lowest BCUT2D eigenvalue weighted by atomic mass is 10.1. The first-order valence-corrected chi connectivity index (χ1v) is 8.77. The number of hydrogen-bond donors (Lipinski definition) is 2. The summed E-state index contributed by atoms with van der Waals surface area (Å²) in [4.78, 5) is 28.7. The number of benzene rings is 1. The Balaban J connectivity index is 1.86. The summed E-state index contributed by atoms with van der Waals surface area (Å²) in [6.07, 6.45) is 2.10. The van der Waals surface area contributed by atoms with E-state index in [1.54, 1.807) is 0 Å². The molecule has 0 saturated carbocycles. The molecule has 25 heavy (non-hydrogen) atoms. The molecule has 0 aliphatic carbocycles. The van der Waals surface area contributed by atoms with Gasteiger partial charge in [-0.05, 0) is 43.5 Å². The molecule has 0 unspecified atom stereocenters. The number of thiophene rings is 1. The smallest absolute Gasteiger partial charge is 0.341 e. The van der Waals surface area contributed by atoms with Crippen molar-refractivity contribution in [2.75, 3.05) is 12.4 Å². The lowest BCUT2D eigenvalue weighted by Gasteiger charge is -2.06. The number of hydrogen-bond acceptors (Lipinski definition) is 4. The second-order valence-corrected chi connectivity index (χ2v) is 7.24. The number of rotatable bonds is 4. The van der Waals surface area contributed by atoms with Crippen molar-refractivity contribution >= 4 is 39.1 Å². The van der Waals surface area contributed by atoms with Crippen LogP contribution in [0.4, 0.5) is 5.00 Å². The monoisotopic (exact) mass is 356 g/mol. The van der Waals surface area contributed by atoms with Crippen molar-refractivity contribution in [3.8, 4) is 0 Å². The summed E-state index contributed by atoms with van der Waals surface area (Å²) >= 11 is 1.39. The third-order valence-corrected chi connectivity index (χ3v) is 5.50. The van der Waals surface area contributed by atoms with E-state index in [1.165, 1.54) is 18.4 Å². The largest absolute Gasteiger partial charge is 0.465 e. The highest BCUT2D eigenvalue weighted by Crippen LogP contribution is 2.33. The first kappa shape index (κ1) is 17.2. The maximum atomic E-state index is 12.5. The Morgan fingerprint density at radius 2 is 2.00 bits per heavy atom. The van der Waals surface area contributed by atoms with Gasteiger partial charge in [-0.1, -0.05) is 12.1 Å². The topological polar surface area (TPSA) is 71.2 Å². The number of anilines is 1. The normalized spacial score (nSPS) is 10.9. The summed E-state index contributed by atoms with van der Waals surface area (Å²) in [5.74, 6) is -0.587. The van der Waals surface area contributed by atoms with Gasteiger partial charge in [0.25, 0.3) is 0 Å². The molecule has 0 radical (unpaired) electrons. The summed E-state index contributed by atoms with van der Waals surface area (Å²) in [5.41, 5.74) is 4.36. The standard InChI is InChI=1S/C19H20N2O3S/c1-10-6-5-7-14-16(10)13(9-20-14)8-15(22)21-18-17(19(23)24-4)11(2)12(3)25-18/h5-7,9,20H,8H2,1-4H3,(H,21,22). The molecular weight excluding hydrogens is 336 g/mol. The molecule has 0 bridgehead atoms. The molecule has 1 amide bonds. The number of carbonyl (C=O) groups excluding carboxylic acids is 2. The van der Waals surface area contributed by atoms with E-state index in [2.05, 4.69) is 10.3 Å².